The van der Waals surface area contributed by atoms with E-state index in [0.717, 1.165) is 0 Å². The Morgan fingerprint density at radius 2 is 1.76 bits per heavy atom. The maximum absolute atomic E-state index is 13.5. The number of amides is 1. The Morgan fingerprint density at radius 3 is 2.32 bits per heavy atom. The summed E-state index contributed by atoms with van der Waals surface area (Å²) in [4.78, 5) is 17.7. The highest BCUT2D eigenvalue weighted by molar-refractivity contribution is 7.89. The van der Waals surface area contributed by atoms with Gasteiger partial charge < -0.3 is 14.6 Å². The summed E-state index contributed by atoms with van der Waals surface area (Å²) in [7, 11) is -0.302. The number of ether oxygens (including phenoxy) is 1. The standard InChI is InChI=1S/C24H27FN4O4S/c1-28-16-13-26-23(28)22(17-3-5-19(25)6-4-17)27-24(30)18-11-14-29(15-12-18)34(31,32)21-9-7-20(33-2)8-10-21/h3-10,13,16,18,22H,11-12,14-15H2,1-2H3,(H,27,30)/t22-/m1/s1. The number of piperidine rings is 1. The minimum atomic E-state index is -3.65. The van der Waals surface area contributed by atoms with Crippen LogP contribution in [0.25, 0.3) is 0 Å². The fourth-order valence-electron chi connectivity index (χ4n) is 4.12. The molecule has 1 fully saturated rings. The molecular formula is C24H27FN4O4S. The van der Waals surface area contributed by atoms with Crippen molar-refractivity contribution < 1.29 is 22.3 Å². The van der Waals surface area contributed by atoms with Gasteiger partial charge in [-0.05, 0) is 54.8 Å². The average Bonchev–Trinajstić information content (AvgIpc) is 3.28. The Kier molecular flexibility index (Phi) is 6.99. The molecule has 1 saturated heterocycles. The minimum absolute atomic E-state index is 0.182. The molecule has 0 radical (unpaired) electrons. The summed E-state index contributed by atoms with van der Waals surface area (Å²) < 4.78 is 47.7. The van der Waals surface area contributed by atoms with E-state index in [1.807, 2.05) is 7.05 Å². The van der Waals surface area contributed by atoms with E-state index >= 15 is 0 Å². The van der Waals surface area contributed by atoms with Gasteiger partial charge in [0.1, 0.15) is 23.4 Å². The monoisotopic (exact) mass is 486 g/mol. The van der Waals surface area contributed by atoms with Crippen molar-refractivity contribution in [2.45, 2.75) is 23.8 Å². The van der Waals surface area contributed by atoms with Crippen LogP contribution in [0.3, 0.4) is 0 Å². The number of carbonyl (C=O) groups is 1. The summed E-state index contributed by atoms with van der Waals surface area (Å²) in [6.45, 7) is 0.492. The second kappa shape index (κ2) is 9.94. The van der Waals surface area contributed by atoms with Gasteiger partial charge in [0.2, 0.25) is 15.9 Å². The number of nitrogens with zero attached hydrogens (tertiary/aromatic N) is 3. The maximum Gasteiger partial charge on any atom is 0.243 e. The summed E-state index contributed by atoms with van der Waals surface area (Å²) in [6.07, 6.45) is 4.22. The van der Waals surface area contributed by atoms with Gasteiger partial charge in [-0.3, -0.25) is 4.79 Å². The Labute approximate surface area is 198 Å². The zero-order valence-electron chi connectivity index (χ0n) is 19.0. The van der Waals surface area contributed by atoms with Crippen LogP contribution in [-0.2, 0) is 21.9 Å². The lowest BCUT2D eigenvalue weighted by atomic mass is 9.96. The molecule has 34 heavy (non-hydrogen) atoms. The summed E-state index contributed by atoms with van der Waals surface area (Å²) in [5.74, 6) is 0.320. The second-order valence-corrected chi connectivity index (χ2v) is 10.2. The van der Waals surface area contributed by atoms with E-state index in [-0.39, 0.29) is 35.6 Å². The molecular weight excluding hydrogens is 459 g/mol. The van der Waals surface area contributed by atoms with Crippen LogP contribution in [0, 0.1) is 11.7 Å². The highest BCUT2D eigenvalue weighted by Crippen LogP contribution is 2.27. The third-order valence-corrected chi connectivity index (χ3v) is 8.04. The molecule has 10 heteroatoms. The lowest BCUT2D eigenvalue weighted by Crippen LogP contribution is -2.44. The van der Waals surface area contributed by atoms with Gasteiger partial charge in [-0.1, -0.05) is 12.1 Å². The first kappa shape index (κ1) is 23.9. The van der Waals surface area contributed by atoms with Crippen molar-refractivity contribution in [2.24, 2.45) is 13.0 Å². The molecule has 1 aromatic heterocycles. The SMILES string of the molecule is COc1ccc(S(=O)(=O)N2CCC(C(=O)N[C@H](c3ccc(F)cc3)c3nccn3C)CC2)cc1. The third-order valence-electron chi connectivity index (χ3n) is 6.13. The Hall–Kier alpha value is -3.24. The lowest BCUT2D eigenvalue weighted by Gasteiger charge is -2.31. The zero-order chi connectivity index (χ0) is 24.3. The van der Waals surface area contributed by atoms with E-state index < -0.39 is 16.1 Å². The van der Waals surface area contributed by atoms with Crippen LogP contribution in [0.1, 0.15) is 30.3 Å². The first-order valence-corrected chi connectivity index (χ1v) is 12.4. The van der Waals surface area contributed by atoms with E-state index in [2.05, 4.69) is 10.3 Å². The minimum Gasteiger partial charge on any atom is -0.497 e. The first-order valence-electron chi connectivity index (χ1n) is 11.0. The number of methoxy groups -OCH3 is 1. The molecule has 8 nitrogen and oxygen atoms in total. The highest BCUT2D eigenvalue weighted by Gasteiger charge is 2.33. The molecule has 2 heterocycles. The van der Waals surface area contributed by atoms with Crippen molar-refractivity contribution in [3.8, 4) is 5.75 Å². The van der Waals surface area contributed by atoms with Gasteiger partial charge in [0.15, 0.2) is 0 Å². The van der Waals surface area contributed by atoms with Crippen molar-refractivity contribution >= 4 is 15.9 Å². The van der Waals surface area contributed by atoms with Crippen molar-refractivity contribution in [2.75, 3.05) is 20.2 Å². The Bertz CT molecular complexity index is 1230. The van der Waals surface area contributed by atoms with Gasteiger partial charge in [-0.15, -0.1) is 0 Å². The second-order valence-electron chi connectivity index (χ2n) is 8.24. The average molecular weight is 487 g/mol. The fourth-order valence-corrected chi connectivity index (χ4v) is 5.59. The number of aromatic nitrogens is 2. The number of rotatable bonds is 7. The highest BCUT2D eigenvalue weighted by atomic mass is 32.2. The molecule has 1 atom stereocenters. The molecule has 3 aromatic rings. The molecule has 1 amide bonds. The van der Waals surface area contributed by atoms with E-state index in [9.17, 15) is 17.6 Å². The number of halogens is 1. The van der Waals surface area contributed by atoms with Crippen LogP contribution in [0.4, 0.5) is 4.39 Å². The number of imidazole rings is 1. The number of nitrogens with one attached hydrogen (secondary N) is 1. The maximum atomic E-state index is 13.5. The van der Waals surface area contributed by atoms with Crippen molar-refractivity contribution in [1.29, 1.82) is 0 Å². The predicted octanol–water partition coefficient (Wildman–Crippen LogP) is 2.87. The molecule has 4 rings (SSSR count). The predicted molar refractivity (Wildman–Crippen MR) is 124 cm³/mol. The Morgan fingerprint density at radius 1 is 1.12 bits per heavy atom. The Balaban J connectivity index is 1.44. The molecule has 0 saturated carbocycles. The normalized spacial score (nSPS) is 16.2. The number of hydrogen-bond acceptors (Lipinski definition) is 5. The van der Waals surface area contributed by atoms with Gasteiger partial charge in [0.05, 0.1) is 12.0 Å². The van der Waals surface area contributed by atoms with Gasteiger partial charge >= 0.3 is 0 Å². The molecule has 1 aliphatic heterocycles. The fraction of sp³-hybridized carbons (Fsp3) is 0.333. The van der Waals surface area contributed by atoms with E-state index in [4.69, 9.17) is 4.74 Å². The van der Waals surface area contributed by atoms with Crippen LogP contribution in [0.15, 0.2) is 65.8 Å². The van der Waals surface area contributed by atoms with E-state index in [0.29, 0.717) is 30.0 Å². The molecule has 1 N–H and O–H groups in total. The smallest absolute Gasteiger partial charge is 0.243 e. The summed E-state index contributed by atoms with van der Waals surface area (Å²) in [5.41, 5.74) is 0.712. The first-order chi connectivity index (χ1) is 16.3. The largest absolute Gasteiger partial charge is 0.497 e. The van der Waals surface area contributed by atoms with Crippen LogP contribution in [0.5, 0.6) is 5.75 Å². The third kappa shape index (κ3) is 4.97. The van der Waals surface area contributed by atoms with Crippen LogP contribution < -0.4 is 10.1 Å². The van der Waals surface area contributed by atoms with Gasteiger partial charge in [-0.25, -0.2) is 17.8 Å². The molecule has 0 unspecified atom stereocenters. The lowest BCUT2D eigenvalue weighted by molar-refractivity contribution is -0.126. The number of hydrogen-bond donors (Lipinski definition) is 1. The molecule has 180 valence electrons. The number of aryl methyl sites for hydroxylation is 1. The van der Waals surface area contributed by atoms with Crippen LogP contribution in [0.2, 0.25) is 0 Å². The van der Waals surface area contributed by atoms with Crippen molar-refractivity contribution in [3.63, 3.8) is 0 Å². The van der Waals surface area contributed by atoms with Crippen molar-refractivity contribution in [3.05, 3.63) is 78.1 Å². The van der Waals surface area contributed by atoms with E-state index in [1.165, 1.54) is 35.7 Å². The van der Waals surface area contributed by atoms with Gasteiger partial charge in [0, 0.05) is 38.4 Å². The number of carbonyl (C=O) groups excluding carboxylic acids is 1. The number of sulfonamides is 1. The topological polar surface area (TPSA) is 93.5 Å². The molecule has 2 aromatic carbocycles. The molecule has 0 spiro atoms. The van der Waals surface area contributed by atoms with Crippen molar-refractivity contribution in [1.82, 2.24) is 19.2 Å². The van der Waals surface area contributed by atoms with Gasteiger partial charge in [0.25, 0.3) is 0 Å². The summed E-state index contributed by atoms with van der Waals surface area (Å²) in [5, 5.41) is 3.04. The number of benzene rings is 2. The molecule has 0 aliphatic carbocycles. The summed E-state index contributed by atoms with van der Waals surface area (Å²) in [6, 6.07) is 11.7. The van der Waals surface area contributed by atoms with Crippen LogP contribution >= 0.6 is 0 Å². The zero-order valence-corrected chi connectivity index (χ0v) is 19.8. The molecule has 1 aliphatic rings. The van der Waals surface area contributed by atoms with E-state index in [1.54, 1.807) is 41.2 Å². The molecule has 0 bridgehead atoms. The van der Waals surface area contributed by atoms with Gasteiger partial charge in [-0.2, -0.15) is 4.31 Å². The quantitative estimate of drug-likeness (QED) is 0.554. The summed E-state index contributed by atoms with van der Waals surface area (Å²) >= 11 is 0. The van der Waals surface area contributed by atoms with Crippen LogP contribution in [-0.4, -0.2) is 48.4 Å².